The van der Waals surface area contributed by atoms with Crippen molar-refractivity contribution in [2.75, 3.05) is 20.7 Å². The lowest BCUT2D eigenvalue weighted by molar-refractivity contribution is 0.394. The number of ether oxygens (including phenoxy) is 1. The minimum absolute atomic E-state index is 0.633. The summed E-state index contributed by atoms with van der Waals surface area (Å²) in [5, 5.41) is 3.09. The Balaban J connectivity index is 2.71. The van der Waals surface area contributed by atoms with Crippen molar-refractivity contribution in [1.82, 2.24) is 10.3 Å². The van der Waals surface area contributed by atoms with Crippen LogP contribution in [0.2, 0.25) is 0 Å². The third-order valence-electron chi connectivity index (χ3n) is 1.72. The van der Waals surface area contributed by atoms with Crippen LogP contribution in [-0.2, 0) is 6.42 Å². The number of rotatable bonds is 4. The van der Waals surface area contributed by atoms with E-state index in [4.69, 9.17) is 4.74 Å². The number of halogens is 1. The molecule has 13 heavy (non-hydrogen) atoms. The van der Waals surface area contributed by atoms with Gasteiger partial charge in [0.05, 0.1) is 11.6 Å². The maximum atomic E-state index is 5.03. The smallest absolute Gasteiger partial charge is 0.227 e. The van der Waals surface area contributed by atoms with Gasteiger partial charge in [-0.15, -0.1) is 0 Å². The van der Waals surface area contributed by atoms with Gasteiger partial charge < -0.3 is 10.1 Å². The minimum Gasteiger partial charge on any atom is -0.480 e. The average Bonchev–Trinajstić information content (AvgIpc) is 2.15. The Morgan fingerprint density at radius 3 is 2.92 bits per heavy atom. The molecule has 72 valence electrons. The van der Waals surface area contributed by atoms with Crippen LogP contribution in [0.1, 0.15) is 5.56 Å². The van der Waals surface area contributed by atoms with Crippen LogP contribution in [0.4, 0.5) is 0 Å². The Morgan fingerprint density at radius 1 is 1.62 bits per heavy atom. The lowest BCUT2D eigenvalue weighted by Crippen LogP contribution is -2.10. The highest BCUT2D eigenvalue weighted by Crippen LogP contribution is 2.22. The molecule has 1 heterocycles. The second kappa shape index (κ2) is 5.19. The first-order chi connectivity index (χ1) is 6.27. The zero-order chi connectivity index (χ0) is 9.68. The van der Waals surface area contributed by atoms with Gasteiger partial charge in [0.1, 0.15) is 0 Å². The maximum absolute atomic E-state index is 5.03. The SMILES string of the molecule is CNCCc1cnc(OC)c(Br)c1. The van der Waals surface area contributed by atoms with E-state index in [9.17, 15) is 0 Å². The molecule has 1 aromatic rings. The molecule has 0 amide bonds. The molecule has 0 atom stereocenters. The van der Waals surface area contributed by atoms with Gasteiger partial charge in [0.15, 0.2) is 0 Å². The first-order valence-electron chi connectivity index (χ1n) is 4.11. The summed E-state index contributed by atoms with van der Waals surface area (Å²) in [5.74, 6) is 0.633. The van der Waals surface area contributed by atoms with E-state index < -0.39 is 0 Å². The largest absolute Gasteiger partial charge is 0.480 e. The number of hydrogen-bond donors (Lipinski definition) is 1. The van der Waals surface area contributed by atoms with Gasteiger partial charge in [0.25, 0.3) is 0 Å². The molecule has 0 fully saturated rings. The van der Waals surface area contributed by atoms with E-state index in [2.05, 4.69) is 26.2 Å². The topological polar surface area (TPSA) is 34.2 Å². The zero-order valence-corrected chi connectivity index (χ0v) is 9.39. The highest BCUT2D eigenvalue weighted by Gasteiger charge is 2.01. The number of pyridine rings is 1. The molecule has 1 N–H and O–H groups in total. The van der Waals surface area contributed by atoms with Crippen LogP contribution in [0.25, 0.3) is 0 Å². The maximum Gasteiger partial charge on any atom is 0.227 e. The van der Waals surface area contributed by atoms with Crippen molar-refractivity contribution in [2.45, 2.75) is 6.42 Å². The van der Waals surface area contributed by atoms with E-state index in [-0.39, 0.29) is 0 Å². The summed E-state index contributed by atoms with van der Waals surface area (Å²) in [4.78, 5) is 4.15. The molecule has 0 spiro atoms. The van der Waals surface area contributed by atoms with Crippen molar-refractivity contribution in [1.29, 1.82) is 0 Å². The summed E-state index contributed by atoms with van der Waals surface area (Å²) in [7, 11) is 3.55. The van der Waals surface area contributed by atoms with Crippen LogP contribution < -0.4 is 10.1 Å². The van der Waals surface area contributed by atoms with Crippen molar-refractivity contribution in [3.8, 4) is 5.88 Å². The first kappa shape index (κ1) is 10.5. The summed E-state index contributed by atoms with van der Waals surface area (Å²) in [6.07, 6.45) is 2.81. The molecule has 0 unspecified atom stereocenters. The Labute approximate surface area is 86.6 Å². The van der Waals surface area contributed by atoms with Crippen LogP contribution >= 0.6 is 15.9 Å². The van der Waals surface area contributed by atoms with E-state index in [1.54, 1.807) is 7.11 Å². The highest BCUT2D eigenvalue weighted by molar-refractivity contribution is 9.10. The highest BCUT2D eigenvalue weighted by atomic mass is 79.9. The van der Waals surface area contributed by atoms with Crippen LogP contribution in [0.5, 0.6) is 5.88 Å². The number of nitrogens with zero attached hydrogens (tertiary/aromatic N) is 1. The van der Waals surface area contributed by atoms with Gasteiger partial charge >= 0.3 is 0 Å². The van der Waals surface area contributed by atoms with Gasteiger partial charge in [-0.1, -0.05) is 0 Å². The fourth-order valence-electron chi connectivity index (χ4n) is 1.02. The molecule has 0 aliphatic carbocycles. The molecule has 4 heteroatoms. The molecule has 1 rings (SSSR count). The summed E-state index contributed by atoms with van der Waals surface area (Å²) in [5.41, 5.74) is 1.20. The number of methoxy groups -OCH3 is 1. The third kappa shape index (κ3) is 2.97. The lowest BCUT2D eigenvalue weighted by Gasteiger charge is -2.04. The van der Waals surface area contributed by atoms with E-state index in [0.29, 0.717) is 5.88 Å². The van der Waals surface area contributed by atoms with Crippen LogP contribution in [0.3, 0.4) is 0 Å². The average molecular weight is 245 g/mol. The Morgan fingerprint density at radius 2 is 2.38 bits per heavy atom. The molecular formula is C9H13BrN2O. The van der Waals surface area contributed by atoms with Gasteiger partial charge in [-0.05, 0) is 47.6 Å². The van der Waals surface area contributed by atoms with E-state index in [0.717, 1.165) is 17.4 Å². The van der Waals surface area contributed by atoms with Crippen molar-refractivity contribution in [3.63, 3.8) is 0 Å². The second-order valence-electron chi connectivity index (χ2n) is 2.69. The van der Waals surface area contributed by atoms with E-state index in [1.807, 2.05) is 19.3 Å². The van der Waals surface area contributed by atoms with E-state index in [1.165, 1.54) is 5.56 Å². The lowest BCUT2D eigenvalue weighted by atomic mass is 10.2. The molecule has 3 nitrogen and oxygen atoms in total. The van der Waals surface area contributed by atoms with Crippen molar-refractivity contribution in [3.05, 3.63) is 22.3 Å². The van der Waals surface area contributed by atoms with Gasteiger partial charge in [-0.25, -0.2) is 4.98 Å². The molecule has 0 aromatic carbocycles. The Kier molecular flexibility index (Phi) is 4.18. The standard InChI is InChI=1S/C9H13BrN2O/c1-11-4-3-7-5-8(10)9(13-2)12-6-7/h5-6,11H,3-4H2,1-2H3. The van der Waals surface area contributed by atoms with Gasteiger partial charge in [0.2, 0.25) is 5.88 Å². The quantitative estimate of drug-likeness (QED) is 0.875. The summed E-state index contributed by atoms with van der Waals surface area (Å²) >= 11 is 3.39. The molecule has 0 bridgehead atoms. The Bertz CT molecular complexity index is 278. The molecule has 0 saturated carbocycles. The van der Waals surface area contributed by atoms with Crippen LogP contribution in [0.15, 0.2) is 16.7 Å². The summed E-state index contributed by atoms with van der Waals surface area (Å²) in [6.45, 7) is 0.959. The van der Waals surface area contributed by atoms with Gasteiger partial charge in [0, 0.05) is 6.20 Å². The molecule has 1 aromatic heterocycles. The van der Waals surface area contributed by atoms with Crippen molar-refractivity contribution < 1.29 is 4.74 Å². The normalized spacial score (nSPS) is 10.1. The zero-order valence-electron chi connectivity index (χ0n) is 7.80. The molecule has 0 radical (unpaired) electrons. The fraction of sp³-hybridized carbons (Fsp3) is 0.444. The predicted octanol–water partition coefficient (Wildman–Crippen LogP) is 1.61. The molecule has 0 aliphatic heterocycles. The minimum atomic E-state index is 0.633. The predicted molar refractivity (Wildman–Crippen MR) is 56.1 cm³/mol. The van der Waals surface area contributed by atoms with Gasteiger partial charge in [-0.2, -0.15) is 0 Å². The number of nitrogens with one attached hydrogen (secondary N) is 1. The molecule has 0 aliphatic rings. The number of likely N-dealkylation sites (N-methyl/N-ethyl adjacent to an activating group) is 1. The van der Waals surface area contributed by atoms with Crippen molar-refractivity contribution in [2.24, 2.45) is 0 Å². The summed E-state index contributed by atoms with van der Waals surface area (Å²) in [6, 6.07) is 2.03. The second-order valence-corrected chi connectivity index (χ2v) is 3.54. The van der Waals surface area contributed by atoms with Crippen LogP contribution in [-0.4, -0.2) is 25.7 Å². The summed E-state index contributed by atoms with van der Waals surface area (Å²) < 4.78 is 5.94. The number of aromatic nitrogens is 1. The fourth-order valence-corrected chi connectivity index (χ4v) is 1.58. The third-order valence-corrected chi connectivity index (χ3v) is 2.29. The first-order valence-corrected chi connectivity index (χ1v) is 4.90. The van der Waals surface area contributed by atoms with Gasteiger partial charge in [-0.3, -0.25) is 0 Å². The molecule has 0 saturated heterocycles. The van der Waals surface area contributed by atoms with Crippen LogP contribution in [0, 0.1) is 0 Å². The van der Waals surface area contributed by atoms with E-state index >= 15 is 0 Å². The Hall–Kier alpha value is -0.610. The molecular weight excluding hydrogens is 232 g/mol. The van der Waals surface area contributed by atoms with Crippen molar-refractivity contribution >= 4 is 15.9 Å². The monoisotopic (exact) mass is 244 g/mol. The number of hydrogen-bond acceptors (Lipinski definition) is 3.